The molecule has 1 unspecified atom stereocenters. The molecular weight excluding hydrogens is 186 g/mol. The first kappa shape index (κ1) is 14.9. The molecule has 0 saturated carbocycles. The third kappa shape index (κ3) is 10.2. The SMILES string of the molecule is CCCCOCCC(CC)CNC(C)C. The van der Waals surface area contributed by atoms with Crippen molar-refractivity contribution >= 4 is 0 Å². The molecule has 0 spiro atoms. The van der Waals surface area contributed by atoms with E-state index in [2.05, 4.69) is 33.0 Å². The molecule has 0 heterocycles. The first-order chi connectivity index (χ1) is 7.20. The van der Waals surface area contributed by atoms with E-state index in [1.165, 1.54) is 25.7 Å². The van der Waals surface area contributed by atoms with Crippen LogP contribution in [0.5, 0.6) is 0 Å². The predicted molar refractivity (Wildman–Crippen MR) is 67.3 cm³/mol. The van der Waals surface area contributed by atoms with Crippen molar-refractivity contribution in [3.63, 3.8) is 0 Å². The largest absolute Gasteiger partial charge is 0.381 e. The Hall–Kier alpha value is -0.0800. The molecule has 0 bridgehead atoms. The monoisotopic (exact) mass is 215 g/mol. The molecule has 0 rings (SSSR count). The molecule has 0 saturated heterocycles. The van der Waals surface area contributed by atoms with Crippen LogP contribution >= 0.6 is 0 Å². The fourth-order valence-electron chi connectivity index (χ4n) is 1.45. The lowest BCUT2D eigenvalue weighted by Crippen LogP contribution is -2.29. The molecule has 2 heteroatoms. The fourth-order valence-corrected chi connectivity index (χ4v) is 1.45. The number of ether oxygens (including phenoxy) is 1. The minimum Gasteiger partial charge on any atom is -0.381 e. The summed E-state index contributed by atoms with van der Waals surface area (Å²) in [5.74, 6) is 0.772. The predicted octanol–water partition coefficient (Wildman–Crippen LogP) is 3.22. The molecule has 1 N–H and O–H groups in total. The van der Waals surface area contributed by atoms with E-state index >= 15 is 0 Å². The summed E-state index contributed by atoms with van der Waals surface area (Å²) in [6.07, 6.45) is 4.87. The van der Waals surface area contributed by atoms with Crippen molar-refractivity contribution in [3.8, 4) is 0 Å². The summed E-state index contributed by atoms with van der Waals surface area (Å²) >= 11 is 0. The number of unbranched alkanes of at least 4 members (excludes halogenated alkanes) is 1. The first-order valence-corrected chi connectivity index (χ1v) is 6.51. The van der Waals surface area contributed by atoms with Crippen molar-refractivity contribution in [1.29, 1.82) is 0 Å². The van der Waals surface area contributed by atoms with Crippen molar-refractivity contribution in [1.82, 2.24) is 5.32 Å². The Labute approximate surface area is 95.8 Å². The second-order valence-electron chi connectivity index (χ2n) is 4.59. The average Bonchev–Trinajstić information content (AvgIpc) is 2.22. The van der Waals surface area contributed by atoms with E-state index in [4.69, 9.17) is 4.74 Å². The van der Waals surface area contributed by atoms with Crippen molar-refractivity contribution in [3.05, 3.63) is 0 Å². The van der Waals surface area contributed by atoms with Crippen LogP contribution in [0.4, 0.5) is 0 Å². The summed E-state index contributed by atoms with van der Waals surface area (Å²) in [5.41, 5.74) is 0. The third-order valence-corrected chi connectivity index (χ3v) is 2.70. The molecule has 0 aromatic carbocycles. The lowest BCUT2D eigenvalue weighted by Gasteiger charge is -2.17. The van der Waals surface area contributed by atoms with Gasteiger partial charge in [0, 0.05) is 19.3 Å². The molecule has 0 aromatic heterocycles. The van der Waals surface area contributed by atoms with Gasteiger partial charge in [0.15, 0.2) is 0 Å². The highest BCUT2D eigenvalue weighted by atomic mass is 16.5. The van der Waals surface area contributed by atoms with Gasteiger partial charge in [-0.3, -0.25) is 0 Å². The topological polar surface area (TPSA) is 21.3 Å². The smallest absolute Gasteiger partial charge is 0.0469 e. The van der Waals surface area contributed by atoms with Crippen molar-refractivity contribution < 1.29 is 4.74 Å². The second-order valence-corrected chi connectivity index (χ2v) is 4.59. The number of hydrogen-bond acceptors (Lipinski definition) is 2. The Morgan fingerprint density at radius 3 is 2.40 bits per heavy atom. The summed E-state index contributed by atoms with van der Waals surface area (Å²) in [6.45, 7) is 11.9. The van der Waals surface area contributed by atoms with Gasteiger partial charge in [-0.05, 0) is 25.3 Å². The van der Waals surface area contributed by atoms with E-state index in [1.54, 1.807) is 0 Å². The Morgan fingerprint density at radius 2 is 1.87 bits per heavy atom. The van der Waals surface area contributed by atoms with Crippen LogP contribution in [-0.4, -0.2) is 25.8 Å². The lowest BCUT2D eigenvalue weighted by molar-refractivity contribution is 0.116. The summed E-state index contributed by atoms with van der Waals surface area (Å²) in [7, 11) is 0. The molecule has 0 fully saturated rings. The maximum atomic E-state index is 5.59. The molecule has 92 valence electrons. The maximum absolute atomic E-state index is 5.59. The zero-order valence-electron chi connectivity index (χ0n) is 11.0. The van der Waals surface area contributed by atoms with E-state index in [0.717, 1.165) is 25.7 Å². The van der Waals surface area contributed by atoms with E-state index in [9.17, 15) is 0 Å². The second kappa shape index (κ2) is 10.4. The van der Waals surface area contributed by atoms with Crippen LogP contribution in [0.25, 0.3) is 0 Å². The van der Waals surface area contributed by atoms with Crippen LogP contribution < -0.4 is 5.32 Å². The van der Waals surface area contributed by atoms with Crippen molar-refractivity contribution in [2.45, 2.75) is 59.4 Å². The van der Waals surface area contributed by atoms with Gasteiger partial charge in [-0.15, -0.1) is 0 Å². The normalized spacial score (nSPS) is 13.4. The van der Waals surface area contributed by atoms with Crippen LogP contribution in [-0.2, 0) is 4.74 Å². The van der Waals surface area contributed by atoms with E-state index in [1.807, 2.05) is 0 Å². The first-order valence-electron chi connectivity index (χ1n) is 6.51. The van der Waals surface area contributed by atoms with E-state index < -0.39 is 0 Å². The summed E-state index contributed by atoms with van der Waals surface area (Å²) in [6, 6.07) is 0.597. The van der Waals surface area contributed by atoms with Crippen LogP contribution in [0.15, 0.2) is 0 Å². The van der Waals surface area contributed by atoms with Gasteiger partial charge in [0.05, 0.1) is 0 Å². The Bertz CT molecular complexity index is 126. The van der Waals surface area contributed by atoms with Crippen LogP contribution in [0, 0.1) is 5.92 Å². The maximum Gasteiger partial charge on any atom is 0.0469 e. The molecule has 2 nitrogen and oxygen atoms in total. The molecule has 0 aliphatic carbocycles. The number of rotatable bonds is 10. The minimum absolute atomic E-state index is 0.597. The number of nitrogens with one attached hydrogen (secondary N) is 1. The highest BCUT2D eigenvalue weighted by Crippen LogP contribution is 2.07. The average molecular weight is 215 g/mol. The quantitative estimate of drug-likeness (QED) is 0.565. The van der Waals surface area contributed by atoms with Crippen LogP contribution in [0.2, 0.25) is 0 Å². The zero-order valence-corrected chi connectivity index (χ0v) is 11.0. The van der Waals surface area contributed by atoms with Gasteiger partial charge in [-0.2, -0.15) is 0 Å². The zero-order chi connectivity index (χ0) is 11.5. The van der Waals surface area contributed by atoms with Gasteiger partial charge < -0.3 is 10.1 Å². The van der Waals surface area contributed by atoms with Gasteiger partial charge in [0.25, 0.3) is 0 Å². The lowest BCUT2D eigenvalue weighted by atomic mass is 10.0. The van der Waals surface area contributed by atoms with Gasteiger partial charge in [-0.1, -0.05) is 40.5 Å². The molecule has 15 heavy (non-hydrogen) atoms. The molecule has 0 radical (unpaired) electrons. The number of hydrogen-bond donors (Lipinski definition) is 1. The Morgan fingerprint density at radius 1 is 1.13 bits per heavy atom. The molecule has 0 amide bonds. The van der Waals surface area contributed by atoms with Gasteiger partial charge in [0.1, 0.15) is 0 Å². The Balaban J connectivity index is 3.36. The standard InChI is InChI=1S/C13H29NO/c1-5-7-9-15-10-8-13(6-2)11-14-12(3)4/h12-14H,5-11H2,1-4H3. The highest BCUT2D eigenvalue weighted by molar-refractivity contribution is 4.62. The summed E-state index contributed by atoms with van der Waals surface area (Å²) in [4.78, 5) is 0. The summed E-state index contributed by atoms with van der Waals surface area (Å²) < 4.78 is 5.59. The van der Waals surface area contributed by atoms with Crippen LogP contribution in [0.1, 0.15) is 53.4 Å². The fraction of sp³-hybridized carbons (Fsp3) is 1.00. The van der Waals surface area contributed by atoms with Gasteiger partial charge in [0.2, 0.25) is 0 Å². The van der Waals surface area contributed by atoms with Gasteiger partial charge >= 0.3 is 0 Å². The van der Waals surface area contributed by atoms with Gasteiger partial charge in [-0.25, -0.2) is 0 Å². The molecule has 0 aliphatic rings. The minimum atomic E-state index is 0.597. The van der Waals surface area contributed by atoms with Crippen molar-refractivity contribution in [2.75, 3.05) is 19.8 Å². The van der Waals surface area contributed by atoms with Crippen LogP contribution in [0.3, 0.4) is 0 Å². The van der Waals surface area contributed by atoms with Crippen molar-refractivity contribution in [2.24, 2.45) is 5.92 Å². The highest BCUT2D eigenvalue weighted by Gasteiger charge is 2.06. The molecular formula is C13H29NO. The van der Waals surface area contributed by atoms with E-state index in [0.29, 0.717) is 6.04 Å². The van der Waals surface area contributed by atoms with E-state index in [-0.39, 0.29) is 0 Å². The summed E-state index contributed by atoms with van der Waals surface area (Å²) in [5, 5.41) is 3.49. The molecule has 0 aliphatic heterocycles. The molecule has 0 aromatic rings. The Kier molecular flexibility index (Phi) is 10.4. The third-order valence-electron chi connectivity index (χ3n) is 2.70. The molecule has 1 atom stereocenters.